The molecular weight excluding hydrogens is 95.1 g/mol. The van der Waals surface area contributed by atoms with Crippen molar-refractivity contribution in [3.05, 3.63) is 6.42 Å². The molecule has 0 heterocycles. The normalized spacial score (nSPS) is 8.57. The first-order valence-electron chi connectivity index (χ1n) is 2.55. The monoisotopic (exact) mass is 109 g/mol. The van der Waals surface area contributed by atoms with Crippen LogP contribution < -0.4 is 0 Å². The zero-order chi connectivity index (χ0) is 4.99. The molecule has 0 unspecified atom stereocenters. The Kier molecular flexibility index (Phi) is 10.9. The van der Waals surface area contributed by atoms with E-state index < -0.39 is 0 Å². The van der Waals surface area contributed by atoms with Crippen molar-refractivity contribution in [2.45, 2.75) is 27.2 Å². The summed E-state index contributed by atoms with van der Waals surface area (Å²) in [7, 11) is 0. The van der Waals surface area contributed by atoms with E-state index in [0.717, 1.165) is 5.92 Å². The third kappa shape index (κ3) is 10.9. The predicted octanol–water partition coefficient (Wildman–Crippen LogP) is 1.61. The summed E-state index contributed by atoms with van der Waals surface area (Å²) in [5, 5.41) is 0. The Balaban J connectivity index is 0. The third-order valence-electron chi connectivity index (χ3n) is 0.707. The van der Waals surface area contributed by atoms with Gasteiger partial charge in [0.1, 0.15) is 0 Å². The maximum atomic E-state index is 2.22. The van der Waals surface area contributed by atoms with Gasteiger partial charge in [-0.3, -0.25) is 0 Å². The fourth-order valence-electron chi connectivity index (χ4n) is 0.471. The standard InChI is InChI=1S/C6H13.Na.H/c1-4-5-6(2)3;;/h4,6H,5H2,1-3H3;;. The van der Waals surface area contributed by atoms with Crippen LogP contribution in [0.4, 0.5) is 0 Å². The third-order valence-corrected chi connectivity index (χ3v) is 0.707. The Morgan fingerprint density at radius 3 is 1.86 bits per heavy atom. The van der Waals surface area contributed by atoms with E-state index in [1.165, 1.54) is 6.42 Å². The number of hydrogen-bond acceptors (Lipinski definition) is 0. The van der Waals surface area contributed by atoms with Gasteiger partial charge in [0.05, 0.1) is 0 Å². The van der Waals surface area contributed by atoms with Crippen LogP contribution in [0.25, 0.3) is 0 Å². The molecule has 0 saturated carbocycles. The Morgan fingerprint density at radius 1 is 1.43 bits per heavy atom. The van der Waals surface area contributed by atoms with Crippen molar-refractivity contribution >= 4 is 29.6 Å². The van der Waals surface area contributed by atoms with Crippen LogP contribution in [-0.4, -0.2) is 29.6 Å². The van der Waals surface area contributed by atoms with Gasteiger partial charge in [-0.05, 0) is 18.8 Å². The van der Waals surface area contributed by atoms with E-state index in [4.69, 9.17) is 0 Å². The summed E-state index contributed by atoms with van der Waals surface area (Å²) in [5.74, 6) is 0.843. The molecule has 7 heavy (non-hydrogen) atoms. The first kappa shape index (κ1) is 10.9. The molecule has 0 fully saturated rings. The van der Waals surface area contributed by atoms with E-state index in [9.17, 15) is 0 Å². The summed E-state index contributed by atoms with van der Waals surface area (Å²) in [6.45, 7) is 6.54. The fraction of sp³-hybridized carbons (Fsp3) is 0.833. The summed E-state index contributed by atoms with van der Waals surface area (Å²) in [6, 6.07) is 0. The summed E-state index contributed by atoms with van der Waals surface area (Å²) in [6.07, 6.45) is 3.45. The second-order valence-corrected chi connectivity index (χ2v) is 2.04. The van der Waals surface area contributed by atoms with E-state index in [2.05, 4.69) is 27.2 Å². The molecule has 0 N–H and O–H groups in total. The van der Waals surface area contributed by atoms with Crippen LogP contribution in [-0.2, 0) is 0 Å². The molecule has 39 valence electrons. The molecule has 0 aromatic carbocycles. The molecule has 0 rings (SSSR count). The SMILES string of the molecule is C[CH]CC(C)C.[NaH]. The Hall–Kier alpha value is 1.00. The van der Waals surface area contributed by atoms with E-state index in [0.29, 0.717) is 0 Å². The van der Waals surface area contributed by atoms with Crippen molar-refractivity contribution in [1.82, 2.24) is 0 Å². The van der Waals surface area contributed by atoms with Gasteiger partial charge >= 0.3 is 29.6 Å². The molecule has 1 radical (unpaired) electrons. The van der Waals surface area contributed by atoms with E-state index >= 15 is 0 Å². The van der Waals surface area contributed by atoms with Crippen molar-refractivity contribution in [1.29, 1.82) is 0 Å². The van der Waals surface area contributed by atoms with Gasteiger partial charge in [0.25, 0.3) is 0 Å². The van der Waals surface area contributed by atoms with Gasteiger partial charge in [0.2, 0.25) is 0 Å². The fourth-order valence-corrected chi connectivity index (χ4v) is 0.471. The maximum absolute atomic E-state index is 2.22. The topological polar surface area (TPSA) is 0 Å². The molecular formula is C6H14Na. The summed E-state index contributed by atoms with van der Waals surface area (Å²) in [5.41, 5.74) is 0. The molecule has 0 spiro atoms. The van der Waals surface area contributed by atoms with Crippen LogP contribution >= 0.6 is 0 Å². The molecule has 0 aliphatic heterocycles. The summed E-state index contributed by atoms with van der Waals surface area (Å²) < 4.78 is 0. The molecule has 0 atom stereocenters. The van der Waals surface area contributed by atoms with Crippen LogP contribution in [0.3, 0.4) is 0 Å². The van der Waals surface area contributed by atoms with E-state index in [1.807, 2.05) is 0 Å². The molecule has 1 heteroatoms. The molecule has 0 amide bonds. The quantitative estimate of drug-likeness (QED) is 0.472. The van der Waals surface area contributed by atoms with E-state index in [-0.39, 0.29) is 29.6 Å². The van der Waals surface area contributed by atoms with Crippen molar-refractivity contribution in [3.63, 3.8) is 0 Å². The van der Waals surface area contributed by atoms with Crippen LogP contribution in [0.1, 0.15) is 27.2 Å². The van der Waals surface area contributed by atoms with Crippen molar-refractivity contribution < 1.29 is 0 Å². The van der Waals surface area contributed by atoms with Gasteiger partial charge in [0, 0.05) is 0 Å². The second-order valence-electron chi connectivity index (χ2n) is 2.04. The first-order valence-corrected chi connectivity index (χ1v) is 2.55. The molecule has 0 saturated heterocycles. The van der Waals surface area contributed by atoms with E-state index in [1.54, 1.807) is 0 Å². The zero-order valence-corrected chi connectivity index (χ0v) is 4.86. The zero-order valence-electron chi connectivity index (χ0n) is 4.86. The molecule has 0 aromatic heterocycles. The van der Waals surface area contributed by atoms with Crippen LogP contribution in [0.2, 0.25) is 0 Å². The van der Waals surface area contributed by atoms with Gasteiger partial charge in [-0.15, -0.1) is 0 Å². The Labute approximate surface area is 69.0 Å². The van der Waals surface area contributed by atoms with Gasteiger partial charge < -0.3 is 0 Å². The Bertz CT molecular complexity index is 25.4. The molecule has 0 bridgehead atoms. The van der Waals surface area contributed by atoms with Gasteiger partial charge in [-0.2, -0.15) is 0 Å². The van der Waals surface area contributed by atoms with Crippen molar-refractivity contribution in [2.75, 3.05) is 0 Å². The second kappa shape index (κ2) is 7.00. The van der Waals surface area contributed by atoms with Crippen LogP contribution in [0.5, 0.6) is 0 Å². The van der Waals surface area contributed by atoms with Crippen molar-refractivity contribution in [3.8, 4) is 0 Å². The van der Waals surface area contributed by atoms with Crippen LogP contribution in [0, 0.1) is 12.3 Å². The molecule has 0 nitrogen and oxygen atoms in total. The molecule has 0 aromatic rings. The van der Waals surface area contributed by atoms with Crippen molar-refractivity contribution in [2.24, 2.45) is 5.92 Å². The minimum atomic E-state index is 0. The predicted molar refractivity (Wildman–Crippen MR) is 36.6 cm³/mol. The molecule has 0 aliphatic carbocycles. The van der Waals surface area contributed by atoms with Gasteiger partial charge in [0.15, 0.2) is 0 Å². The average molecular weight is 109 g/mol. The molecule has 0 aliphatic rings. The van der Waals surface area contributed by atoms with Gasteiger partial charge in [-0.25, -0.2) is 0 Å². The van der Waals surface area contributed by atoms with Gasteiger partial charge in [-0.1, -0.05) is 20.8 Å². The number of hydrogen-bond donors (Lipinski definition) is 0. The summed E-state index contributed by atoms with van der Waals surface area (Å²) >= 11 is 0. The minimum absolute atomic E-state index is 0. The summed E-state index contributed by atoms with van der Waals surface area (Å²) in [4.78, 5) is 0. The van der Waals surface area contributed by atoms with Crippen LogP contribution in [0.15, 0.2) is 0 Å². The number of rotatable bonds is 2. The first-order chi connectivity index (χ1) is 2.77. The average Bonchev–Trinajstić information content (AvgIpc) is 1.35. The Morgan fingerprint density at radius 2 is 1.86 bits per heavy atom.